The zero-order valence-electron chi connectivity index (χ0n) is 13.5. The molecule has 24 heavy (non-hydrogen) atoms. The molecule has 0 saturated heterocycles. The average molecular weight is 342 g/mol. The van der Waals surface area contributed by atoms with Crippen LogP contribution in [0.25, 0.3) is 0 Å². The number of carbonyl (C=O) groups excluding carboxylic acids is 1. The van der Waals surface area contributed by atoms with Gasteiger partial charge >= 0.3 is 6.18 Å². The number of halogens is 3. The molecule has 1 heterocycles. The summed E-state index contributed by atoms with van der Waals surface area (Å²) in [6, 6.07) is 5.21. The summed E-state index contributed by atoms with van der Waals surface area (Å²) in [5, 5.41) is 6.05. The van der Waals surface area contributed by atoms with Crippen LogP contribution in [-0.4, -0.2) is 24.7 Å². The minimum absolute atomic E-state index is 0.00105. The topological polar surface area (TPSA) is 50.4 Å². The summed E-state index contributed by atoms with van der Waals surface area (Å²) in [5.74, 6) is -0.812. The Labute approximate surface area is 138 Å². The number of benzene rings is 1. The van der Waals surface area contributed by atoms with Crippen LogP contribution in [0.3, 0.4) is 0 Å². The summed E-state index contributed by atoms with van der Waals surface area (Å²) < 4.78 is 44.1. The fourth-order valence-electron chi connectivity index (χ4n) is 3.46. The molecule has 1 aromatic carbocycles. The van der Waals surface area contributed by atoms with Gasteiger partial charge in [0.2, 0.25) is 0 Å². The predicted octanol–water partition coefficient (Wildman–Crippen LogP) is 3.79. The summed E-state index contributed by atoms with van der Waals surface area (Å²) in [5.41, 5.74) is 1.52. The third-order valence-corrected chi connectivity index (χ3v) is 4.76. The maximum Gasteiger partial charge on any atom is 0.391 e. The molecule has 0 spiro atoms. The van der Waals surface area contributed by atoms with Crippen LogP contribution in [-0.2, 0) is 4.79 Å². The van der Waals surface area contributed by atoms with Gasteiger partial charge < -0.3 is 15.4 Å². The Kier molecular flexibility index (Phi) is 4.71. The minimum atomic E-state index is -4.11. The smallest absolute Gasteiger partial charge is 0.391 e. The first-order valence-electron chi connectivity index (χ1n) is 8.22. The summed E-state index contributed by atoms with van der Waals surface area (Å²) in [6.07, 6.45) is -2.43. The number of hydrogen-bond donors (Lipinski definition) is 2. The van der Waals surface area contributed by atoms with E-state index in [0.29, 0.717) is 17.9 Å². The predicted molar refractivity (Wildman–Crippen MR) is 83.9 cm³/mol. The highest BCUT2D eigenvalue weighted by molar-refractivity contribution is 5.95. The largest absolute Gasteiger partial charge is 0.482 e. The number of hydrogen-bond acceptors (Lipinski definition) is 3. The lowest BCUT2D eigenvalue weighted by Crippen LogP contribution is -2.39. The molecule has 3 rings (SSSR count). The number of fused-ring (bicyclic) bond motifs is 1. The van der Waals surface area contributed by atoms with Gasteiger partial charge in [-0.25, -0.2) is 0 Å². The first-order chi connectivity index (χ1) is 11.3. The number of nitrogens with one attached hydrogen (secondary N) is 2. The molecule has 2 N–H and O–H groups in total. The Balaban J connectivity index is 1.65. The standard InChI is InChI=1S/C17H21F3N2O2/c1-10(21-13-4-2-3-12(8-13)17(18,19)20)11-5-6-15-14(7-11)22-16(23)9-24-15/h5-7,10,12-13,21H,2-4,8-9H2,1H3,(H,22,23)/t10-,12+,13+/m0/s1. The van der Waals surface area contributed by atoms with E-state index < -0.39 is 12.1 Å². The molecule has 0 radical (unpaired) electrons. The van der Waals surface area contributed by atoms with E-state index in [1.54, 1.807) is 6.07 Å². The molecule has 0 bridgehead atoms. The van der Waals surface area contributed by atoms with Gasteiger partial charge in [-0.2, -0.15) is 13.2 Å². The van der Waals surface area contributed by atoms with Crippen LogP contribution in [0, 0.1) is 5.92 Å². The van der Waals surface area contributed by atoms with Crippen molar-refractivity contribution in [2.45, 2.75) is 50.9 Å². The van der Waals surface area contributed by atoms with Crippen molar-refractivity contribution >= 4 is 11.6 Å². The first kappa shape index (κ1) is 17.1. The van der Waals surface area contributed by atoms with Crippen molar-refractivity contribution in [1.82, 2.24) is 5.32 Å². The van der Waals surface area contributed by atoms with Gasteiger partial charge in [-0.3, -0.25) is 4.79 Å². The van der Waals surface area contributed by atoms with E-state index in [0.717, 1.165) is 12.0 Å². The third kappa shape index (κ3) is 3.83. The second-order valence-electron chi connectivity index (χ2n) is 6.58. The third-order valence-electron chi connectivity index (χ3n) is 4.76. The molecule has 4 nitrogen and oxygen atoms in total. The average Bonchev–Trinajstić information content (AvgIpc) is 2.53. The molecule has 1 aliphatic heterocycles. The summed E-state index contributed by atoms with van der Waals surface area (Å²) in [6.45, 7) is 1.92. The Morgan fingerprint density at radius 2 is 2.12 bits per heavy atom. The number of rotatable bonds is 3. The van der Waals surface area contributed by atoms with Gasteiger partial charge in [0.25, 0.3) is 5.91 Å². The van der Waals surface area contributed by atoms with Gasteiger partial charge in [0.05, 0.1) is 11.6 Å². The molecule has 1 fully saturated rings. The van der Waals surface area contributed by atoms with E-state index in [-0.39, 0.29) is 37.4 Å². The molecule has 132 valence electrons. The SMILES string of the molecule is C[C@H](N[C@@H]1CCC[C@@H](C(F)(F)F)C1)c1ccc2c(c1)NC(=O)CO2. The maximum absolute atomic E-state index is 12.9. The number of amides is 1. The fraction of sp³-hybridized carbons (Fsp3) is 0.588. The molecule has 7 heteroatoms. The highest BCUT2D eigenvalue weighted by Gasteiger charge is 2.42. The Hall–Kier alpha value is -1.76. The normalized spacial score (nSPS) is 25.4. The molecule has 3 atom stereocenters. The van der Waals surface area contributed by atoms with Crippen LogP contribution in [0.15, 0.2) is 18.2 Å². The summed E-state index contributed by atoms with van der Waals surface area (Å²) in [7, 11) is 0. The van der Waals surface area contributed by atoms with Crippen molar-refractivity contribution in [2.24, 2.45) is 5.92 Å². The van der Waals surface area contributed by atoms with Crippen molar-refractivity contribution in [2.75, 3.05) is 11.9 Å². The second-order valence-corrected chi connectivity index (χ2v) is 6.58. The Bertz CT molecular complexity index is 618. The monoisotopic (exact) mass is 342 g/mol. The van der Waals surface area contributed by atoms with Crippen molar-refractivity contribution in [3.63, 3.8) is 0 Å². The molecule has 0 aromatic heterocycles. The lowest BCUT2D eigenvalue weighted by molar-refractivity contribution is -0.183. The molecular weight excluding hydrogens is 321 g/mol. The van der Waals surface area contributed by atoms with Gasteiger partial charge in [0, 0.05) is 12.1 Å². The number of anilines is 1. The van der Waals surface area contributed by atoms with E-state index in [9.17, 15) is 18.0 Å². The molecule has 1 saturated carbocycles. The van der Waals surface area contributed by atoms with E-state index in [4.69, 9.17) is 4.74 Å². The van der Waals surface area contributed by atoms with Gasteiger partial charge in [-0.05, 0) is 43.9 Å². The van der Waals surface area contributed by atoms with Gasteiger partial charge in [-0.1, -0.05) is 12.5 Å². The number of alkyl halides is 3. The van der Waals surface area contributed by atoms with E-state index in [1.165, 1.54) is 0 Å². The van der Waals surface area contributed by atoms with E-state index >= 15 is 0 Å². The van der Waals surface area contributed by atoms with E-state index in [2.05, 4.69) is 10.6 Å². The molecule has 1 aliphatic carbocycles. The minimum Gasteiger partial charge on any atom is -0.482 e. The highest BCUT2D eigenvalue weighted by atomic mass is 19.4. The molecular formula is C17H21F3N2O2. The Morgan fingerprint density at radius 1 is 1.33 bits per heavy atom. The van der Waals surface area contributed by atoms with Crippen LogP contribution < -0.4 is 15.4 Å². The zero-order valence-corrected chi connectivity index (χ0v) is 13.5. The molecule has 0 unspecified atom stereocenters. The van der Waals surface area contributed by atoms with E-state index in [1.807, 2.05) is 19.1 Å². The quantitative estimate of drug-likeness (QED) is 0.879. The van der Waals surface area contributed by atoms with Crippen molar-refractivity contribution in [3.8, 4) is 5.75 Å². The molecule has 2 aliphatic rings. The number of carbonyl (C=O) groups is 1. The van der Waals surface area contributed by atoms with Crippen LogP contribution >= 0.6 is 0 Å². The summed E-state index contributed by atoms with van der Waals surface area (Å²) >= 11 is 0. The first-order valence-corrected chi connectivity index (χ1v) is 8.22. The maximum atomic E-state index is 12.9. The van der Waals surface area contributed by atoms with Crippen LogP contribution in [0.1, 0.15) is 44.2 Å². The second kappa shape index (κ2) is 6.63. The van der Waals surface area contributed by atoms with Crippen molar-refractivity contribution in [1.29, 1.82) is 0 Å². The van der Waals surface area contributed by atoms with Gasteiger partial charge in [0.15, 0.2) is 6.61 Å². The molecule has 1 aromatic rings. The highest BCUT2D eigenvalue weighted by Crippen LogP contribution is 2.38. The van der Waals surface area contributed by atoms with Crippen LogP contribution in [0.2, 0.25) is 0 Å². The lowest BCUT2D eigenvalue weighted by Gasteiger charge is -2.33. The van der Waals surface area contributed by atoms with Crippen molar-refractivity contribution in [3.05, 3.63) is 23.8 Å². The van der Waals surface area contributed by atoms with Crippen molar-refractivity contribution < 1.29 is 22.7 Å². The van der Waals surface area contributed by atoms with Gasteiger partial charge in [-0.15, -0.1) is 0 Å². The number of ether oxygens (including phenoxy) is 1. The van der Waals surface area contributed by atoms with Crippen LogP contribution in [0.5, 0.6) is 5.75 Å². The van der Waals surface area contributed by atoms with Crippen LogP contribution in [0.4, 0.5) is 18.9 Å². The molecule has 1 amide bonds. The zero-order chi connectivity index (χ0) is 17.3. The lowest BCUT2D eigenvalue weighted by atomic mass is 9.84. The Morgan fingerprint density at radius 3 is 2.88 bits per heavy atom. The summed E-state index contributed by atoms with van der Waals surface area (Å²) in [4.78, 5) is 11.4. The fourth-order valence-corrected chi connectivity index (χ4v) is 3.46. The van der Waals surface area contributed by atoms with Gasteiger partial charge in [0.1, 0.15) is 5.75 Å².